The first kappa shape index (κ1) is 20.1. The van der Waals surface area contributed by atoms with E-state index in [2.05, 4.69) is 14.0 Å². The van der Waals surface area contributed by atoms with Crippen LogP contribution in [0.5, 0.6) is 0 Å². The van der Waals surface area contributed by atoms with Gasteiger partial charge in [0.1, 0.15) is 0 Å². The van der Waals surface area contributed by atoms with E-state index in [9.17, 15) is 30.0 Å². The second-order valence-electron chi connectivity index (χ2n) is 6.30. The van der Waals surface area contributed by atoms with Gasteiger partial charge in [0.25, 0.3) is 5.91 Å². The van der Waals surface area contributed by atoms with Gasteiger partial charge >= 0.3 is 33.0 Å². The summed E-state index contributed by atoms with van der Waals surface area (Å²) in [5.41, 5.74) is 0. The number of hydrogen-bond acceptors (Lipinski definition) is 3. The Morgan fingerprint density at radius 3 is 1.38 bits per heavy atom. The van der Waals surface area contributed by atoms with Crippen LogP contribution >= 0.6 is 16.2 Å². The van der Waals surface area contributed by atoms with E-state index in [4.69, 9.17) is 0 Å². The molecule has 3 fully saturated rings. The van der Waals surface area contributed by atoms with Crippen LogP contribution in [0.1, 0.15) is 38.5 Å². The fourth-order valence-corrected chi connectivity index (χ4v) is 6.44. The summed E-state index contributed by atoms with van der Waals surface area (Å²) in [6.07, 6.45) is 7.16. The van der Waals surface area contributed by atoms with Gasteiger partial charge < -0.3 is 0 Å². The predicted molar refractivity (Wildman–Crippen MR) is 84.4 cm³/mol. The first-order valence-electron chi connectivity index (χ1n) is 8.05. The minimum Gasteiger partial charge on any atom is -0.271 e. The Morgan fingerprint density at radius 1 is 0.708 bits per heavy atom. The van der Waals surface area contributed by atoms with Gasteiger partial charge in [-0.2, -0.15) is 4.67 Å². The molecular weight excluding hydrogens is 378 g/mol. The van der Waals surface area contributed by atoms with E-state index in [-0.39, 0.29) is 0 Å². The molecule has 0 N–H and O–H groups in total. The van der Waals surface area contributed by atoms with Crippen molar-refractivity contribution in [1.29, 1.82) is 0 Å². The zero-order valence-corrected chi connectivity index (χ0v) is 15.1. The number of rotatable bonds is 3. The molecule has 0 aromatic rings. The zero-order valence-electron chi connectivity index (χ0n) is 13.2. The van der Waals surface area contributed by atoms with Gasteiger partial charge in [-0.25, -0.2) is 0 Å². The molecule has 0 radical (unpaired) electrons. The summed E-state index contributed by atoms with van der Waals surface area (Å²) in [5, 5.41) is 0. The van der Waals surface area contributed by atoms with Crippen LogP contribution in [-0.2, 0) is 4.79 Å². The molecule has 144 valence electrons. The van der Waals surface area contributed by atoms with E-state index < -0.39 is 16.2 Å². The molecule has 3 rings (SSSR count). The molecule has 3 aliphatic heterocycles. The summed E-state index contributed by atoms with van der Waals surface area (Å²) < 4.78 is 66.7. The molecule has 24 heavy (non-hydrogen) atoms. The standard InChI is InChI=1S/C12H22N3OP.F6P/c16-12-6-5-11-15(12)17(13-7-1-2-8-13)14-9-3-4-10-14;1-7(2,3,4,5)6/h1-11H2;/q;-1/p+1. The first-order valence-corrected chi connectivity index (χ1v) is 11.4. The Hall–Kier alpha value is -0.170. The average Bonchev–Trinajstić information content (AvgIpc) is 3.11. The Labute approximate surface area is 138 Å². The van der Waals surface area contributed by atoms with Gasteiger partial charge in [-0.05, 0) is 32.1 Å². The van der Waals surface area contributed by atoms with Crippen LogP contribution in [0, 0.1) is 0 Å². The van der Waals surface area contributed by atoms with E-state index in [1.165, 1.54) is 51.9 Å². The topological polar surface area (TPSA) is 26.8 Å². The summed E-state index contributed by atoms with van der Waals surface area (Å²) in [5.74, 6) is 0.415. The zero-order chi connectivity index (χ0) is 18.1. The van der Waals surface area contributed by atoms with Crippen molar-refractivity contribution in [2.45, 2.75) is 38.5 Å². The molecule has 0 bridgehead atoms. The van der Waals surface area contributed by atoms with Crippen LogP contribution in [0.15, 0.2) is 0 Å². The van der Waals surface area contributed by atoms with Crippen LogP contribution in [0.25, 0.3) is 0 Å². The number of hydrogen-bond donors (Lipinski definition) is 0. The average molecular weight is 401 g/mol. The molecule has 1 amide bonds. The summed E-state index contributed by atoms with van der Waals surface area (Å²) in [6, 6.07) is 0. The van der Waals surface area contributed by atoms with Crippen LogP contribution < -0.4 is 0 Å². The summed E-state index contributed by atoms with van der Waals surface area (Å²) in [7, 11) is -11.5. The van der Waals surface area contributed by atoms with E-state index in [1.807, 2.05) is 0 Å². The van der Waals surface area contributed by atoms with Crippen molar-refractivity contribution in [3.63, 3.8) is 0 Å². The molecule has 4 nitrogen and oxygen atoms in total. The van der Waals surface area contributed by atoms with Crippen LogP contribution in [0.3, 0.4) is 0 Å². The molecule has 0 aromatic carbocycles. The Morgan fingerprint density at radius 2 is 1.08 bits per heavy atom. The quantitative estimate of drug-likeness (QED) is 0.484. The van der Waals surface area contributed by atoms with Gasteiger partial charge in [0, 0.05) is 32.6 Å². The van der Waals surface area contributed by atoms with Gasteiger partial charge in [-0.15, -0.1) is 9.34 Å². The second-order valence-corrected chi connectivity index (χ2v) is 10.6. The maximum atomic E-state index is 12.0. The fourth-order valence-electron chi connectivity index (χ4n) is 3.24. The predicted octanol–water partition coefficient (Wildman–Crippen LogP) is 5.14. The molecule has 0 aromatic heterocycles. The van der Waals surface area contributed by atoms with Crippen molar-refractivity contribution in [2.24, 2.45) is 0 Å². The van der Waals surface area contributed by atoms with Crippen molar-refractivity contribution >= 4 is 22.1 Å². The minimum atomic E-state index is -10.7. The Kier molecular flexibility index (Phi) is 5.48. The van der Waals surface area contributed by atoms with E-state index in [0.717, 1.165) is 19.4 Å². The molecule has 3 heterocycles. The largest absolute Gasteiger partial charge is 0.271 e. The number of nitrogens with zero attached hydrogens (tertiary/aromatic N) is 3. The molecule has 0 saturated carbocycles. The molecule has 0 unspecified atom stereocenters. The summed E-state index contributed by atoms with van der Waals surface area (Å²) in [4.78, 5) is 12.0. The van der Waals surface area contributed by atoms with Crippen LogP contribution in [0.2, 0.25) is 0 Å². The smallest absolute Gasteiger partial charge is 0.256 e. The maximum absolute atomic E-state index is 12.0. The van der Waals surface area contributed by atoms with E-state index >= 15 is 0 Å². The van der Waals surface area contributed by atoms with Crippen molar-refractivity contribution in [2.75, 3.05) is 32.7 Å². The number of amides is 1. The molecule has 0 spiro atoms. The second kappa shape index (κ2) is 6.53. The Balaban J connectivity index is 0.000000256. The molecule has 0 aliphatic carbocycles. The number of carbonyl (C=O) groups is 1. The molecule has 3 aliphatic rings. The van der Waals surface area contributed by atoms with Crippen LogP contribution in [0.4, 0.5) is 25.2 Å². The van der Waals surface area contributed by atoms with Gasteiger partial charge in [-0.3, -0.25) is 4.79 Å². The third-order valence-electron chi connectivity index (χ3n) is 4.09. The fraction of sp³-hybridized carbons (Fsp3) is 0.917. The van der Waals surface area contributed by atoms with Gasteiger partial charge in [0.15, 0.2) is 0 Å². The normalized spacial score (nSPS) is 26.5. The molecule has 0 atom stereocenters. The molecular formula is C12H23F6N3OP2. The monoisotopic (exact) mass is 401 g/mol. The minimum absolute atomic E-state index is 0.415. The van der Waals surface area contributed by atoms with Crippen molar-refractivity contribution < 1.29 is 30.0 Å². The SMILES string of the molecule is F[P-](F)(F)(F)(F)F.O=C1CCCN1[PH+](N1CCCC1)N1CCCC1. The maximum Gasteiger partial charge on any atom is 0.256 e. The Bertz CT molecular complexity index is 435. The van der Waals surface area contributed by atoms with E-state index in [1.54, 1.807) is 0 Å². The first-order chi connectivity index (χ1) is 10.8. The summed E-state index contributed by atoms with van der Waals surface area (Å²) in [6.45, 7) is 5.88. The number of carbonyl (C=O) groups excluding carboxylic acids is 1. The van der Waals surface area contributed by atoms with Crippen molar-refractivity contribution in [3.8, 4) is 0 Å². The van der Waals surface area contributed by atoms with Gasteiger partial charge in [0.2, 0.25) is 8.37 Å². The van der Waals surface area contributed by atoms with Gasteiger partial charge in [0.05, 0.1) is 6.54 Å². The van der Waals surface area contributed by atoms with Crippen LogP contribution in [-0.4, -0.2) is 52.6 Å². The molecule has 3 saturated heterocycles. The van der Waals surface area contributed by atoms with Crippen molar-refractivity contribution in [3.05, 3.63) is 0 Å². The third kappa shape index (κ3) is 7.38. The van der Waals surface area contributed by atoms with E-state index in [0.29, 0.717) is 5.91 Å². The number of halogens is 6. The third-order valence-corrected chi connectivity index (χ3v) is 7.07. The van der Waals surface area contributed by atoms with Crippen molar-refractivity contribution in [1.82, 2.24) is 14.0 Å². The molecule has 12 heteroatoms. The summed E-state index contributed by atoms with van der Waals surface area (Å²) >= 11 is 0. The van der Waals surface area contributed by atoms with Gasteiger partial charge in [-0.1, -0.05) is 0 Å².